The maximum absolute atomic E-state index is 11.9. The van der Waals surface area contributed by atoms with Crippen LogP contribution in [0.5, 0.6) is 6.01 Å². The fraction of sp³-hybridized carbons (Fsp3) is 0.300. The molecule has 3 heterocycles. The van der Waals surface area contributed by atoms with E-state index in [9.17, 15) is 4.79 Å². The number of ether oxygens (including phenoxy) is 2. The summed E-state index contributed by atoms with van der Waals surface area (Å²) in [7, 11) is 1.74. The number of rotatable bonds is 7. The van der Waals surface area contributed by atoms with Crippen molar-refractivity contribution in [2.75, 3.05) is 0 Å². The molecule has 3 aromatic heterocycles. The number of halogens is 1. The van der Waals surface area contributed by atoms with E-state index in [2.05, 4.69) is 41.4 Å². The predicted molar refractivity (Wildman–Crippen MR) is 115 cm³/mol. The zero-order valence-corrected chi connectivity index (χ0v) is 18.8. The van der Waals surface area contributed by atoms with Gasteiger partial charge >= 0.3 is 12.0 Å². The average molecular weight is 486 g/mol. The van der Waals surface area contributed by atoms with E-state index < -0.39 is 0 Å². The number of nitrogens with zero attached hydrogens (tertiary/aromatic N) is 7. The number of benzene rings is 1. The molecule has 0 aliphatic heterocycles. The Balaban J connectivity index is 1.60. The molecule has 10 nitrogen and oxygen atoms in total. The molecule has 0 atom stereocenters. The van der Waals surface area contributed by atoms with E-state index in [1.165, 1.54) is 4.68 Å². The van der Waals surface area contributed by atoms with Crippen LogP contribution in [0.4, 0.5) is 0 Å². The number of imidazole rings is 1. The molecule has 0 spiro atoms. The highest BCUT2D eigenvalue weighted by Crippen LogP contribution is 2.30. The van der Waals surface area contributed by atoms with Gasteiger partial charge in [-0.05, 0) is 64.5 Å². The van der Waals surface area contributed by atoms with E-state index in [1.807, 2.05) is 44.2 Å². The van der Waals surface area contributed by atoms with Crippen LogP contribution in [-0.4, -0.2) is 46.8 Å². The van der Waals surface area contributed by atoms with Gasteiger partial charge in [0.05, 0.1) is 29.4 Å². The zero-order chi connectivity index (χ0) is 22.0. The second-order valence-corrected chi connectivity index (χ2v) is 7.92. The van der Waals surface area contributed by atoms with Crippen molar-refractivity contribution in [3.05, 3.63) is 52.3 Å². The van der Waals surface area contributed by atoms with Gasteiger partial charge < -0.3 is 9.47 Å². The van der Waals surface area contributed by atoms with Crippen LogP contribution in [-0.2, 0) is 29.6 Å². The van der Waals surface area contributed by atoms with Crippen molar-refractivity contribution in [2.45, 2.75) is 33.0 Å². The third-order valence-corrected chi connectivity index (χ3v) is 4.95. The van der Waals surface area contributed by atoms with Gasteiger partial charge in [-0.1, -0.05) is 17.2 Å². The number of fused-ring (bicyclic) bond motifs is 1. The number of para-hydroxylation sites is 1. The van der Waals surface area contributed by atoms with E-state index in [1.54, 1.807) is 17.7 Å². The first-order valence-corrected chi connectivity index (χ1v) is 10.4. The van der Waals surface area contributed by atoms with Gasteiger partial charge in [0, 0.05) is 11.5 Å². The number of aromatic nitrogens is 7. The van der Waals surface area contributed by atoms with Crippen molar-refractivity contribution < 1.29 is 14.3 Å². The lowest BCUT2D eigenvalue weighted by Crippen LogP contribution is -2.15. The summed E-state index contributed by atoms with van der Waals surface area (Å²) >= 11 is 3.53. The maximum atomic E-state index is 11.9. The van der Waals surface area contributed by atoms with Crippen molar-refractivity contribution in [1.82, 2.24) is 34.7 Å². The number of hydrogen-bond donors (Lipinski definition) is 0. The maximum Gasteiger partial charge on any atom is 0.312 e. The molecule has 160 valence electrons. The van der Waals surface area contributed by atoms with Gasteiger partial charge in [-0.15, -0.1) is 0 Å². The largest absolute Gasteiger partial charge is 0.463 e. The van der Waals surface area contributed by atoms with E-state index in [0.29, 0.717) is 23.3 Å². The SMILES string of the molecule is CC(C)OC(=O)Cc1cccc(COc2nc3c(Br)cccc3n2-c2nnnn2C)n1. The second kappa shape index (κ2) is 8.80. The zero-order valence-electron chi connectivity index (χ0n) is 17.2. The van der Waals surface area contributed by atoms with Crippen LogP contribution in [0.2, 0.25) is 0 Å². The number of tetrazole rings is 1. The number of aryl methyl sites for hydroxylation is 1. The Morgan fingerprint density at radius 2 is 1.90 bits per heavy atom. The molecule has 0 radical (unpaired) electrons. The number of esters is 1. The minimum Gasteiger partial charge on any atom is -0.463 e. The molecular formula is C20H20BrN7O3. The number of carbonyl (C=O) groups excluding carboxylic acids is 1. The summed E-state index contributed by atoms with van der Waals surface area (Å²) < 4.78 is 15.3. The number of carbonyl (C=O) groups is 1. The standard InChI is InChI=1S/C20H20BrN7O3/c1-12(2)31-17(29)10-13-6-4-7-14(22-13)11-30-20-23-18-15(21)8-5-9-16(18)28(20)19-24-25-26-27(19)3/h4-9,12H,10-11H2,1-3H3. The first kappa shape index (κ1) is 20.9. The third-order valence-electron chi connectivity index (χ3n) is 4.31. The molecule has 0 saturated heterocycles. The fourth-order valence-corrected chi connectivity index (χ4v) is 3.49. The fourth-order valence-electron chi connectivity index (χ4n) is 3.05. The van der Waals surface area contributed by atoms with Gasteiger partial charge in [0.15, 0.2) is 0 Å². The van der Waals surface area contributed by atoms with Gasteiger partial charge in [0.25, 0.3) is 5.95 Å². The summed E-state index contributed by atoms with van der Waals surface area (Å²) in [6, 6.07) is 11.5. The van der Waals surface area contributed by atoms with E-state index >= 15 is 0 Å². The highest BCUT2D eigenvalue weighted by Gasteiger charge is 2.20. The highest BCUT2D eigenvalue weighted by atomic mass is 79.9. The normalized spacial score (nSPS) is 11.3. The van der Waals surface area contributed by atoms with Crippen LogP contribution in [0.15, 0.2) is 40.9 Å². The summed E-state index contributed by atoms with van der Waals surface area (Å²) in [5.41, 5.74) is 2.78. The monoisotopic (exact) mass is 485 g/mol. The lowest BCUT2D eigenvalue weighted by molar-refractivity contribution is -0.146. The smallest absolute Gasteiger partial charge is 0.312 e. The molecule has 0 aliphatic carbocycles. The molecule has 4 aromatic rings. The average Bonchev–Trinajstić information content (AvgIpc) is 3.29. The van der Waals surface area contributed by atoms with E-state index in [0.717, 1.165) is 15.5 Å². The molecule has 0 N–H and O–H groups in total. The summed E-state index contributed by atoms with van der Waals surface area (Å²) in [5.74, 6) is 0.149. The molecular weight excluding hydrogens is 466 g/mol. The van der Waals surface area contributed by atoms with E-state index in [4.69, 9.17) is 9.47 Å². The summed E-state index contributed by atoms with van der Waals surface area (Å²) in [4.78, 5) is 21.0. The molecule has 0 saturated carbocycles. The van der Waals surface area contributed by atoms with Gasteiger partial charge in [-0.25, -0.2) is 9.25 Å². The van der Waals surface area contributed by atoms with Gasteiger partial charge in [-0.2, -0.15) is 4.98 Å². The van der Waals surface area contributed by atoms with Crippen LogP contribution in [0.3, 0.4) is 0 Å². The molecule has 1 aromatic carbocycles. The Hall–Kier alpha value is -3.34. The minimum absolute atomic E-state index is 0.0993. The van der Waals surface area contributed by atoms with Crippen LogP contribution in [0.1, 0.15) is 25.2 Å². The highest BCUT2D eigenvalue weighted by molar-refractivity contribution is 9.10. The Kier molecular flexibility index (Phi) is 5.94. The predicted octanol–water partition coefficient (Wildman–Crippen LogP) is 2.78. The Morgan fingerprint density at radius 3 is 2.65 bits per heavy atom. The van der Waals surface area contributed by atoms with Crippen LogP contribution in [0, 0.1) is 0 Å². The second-order valence-electron chi connectivity index (χ2n) is 7.06. The summed E-state index contributed by atoms with van der Waals surface area (Å²) in [5, 5.41) is 11.7. The van der Waals surface area contributed by atoms with Crippen molar-refractivity contribution in [1.29, 1.82) is 0 Å². The third kappa shape index (κ3) is 4.55. The first-order chi connectivity index (χ1) is 14.9. The van der Waals surface area contributed by atoms with Crippen molar-refractivity contribution >= 4 is 32.9 Å². The van der Waals surface area contributed by atoms with Gasteiger partial charge in [0.1, 0.15) is 12.1 Å². The lowest BCUT2D eigenvalue weighted by Gasteiger charge is -2.10. The molecule has 0 unspecified atom stereocenters. The van der Waals surface area contributed by atoms with E-state index in [-0.39, 0.29) is 25.1 Å². The summed E-state index contributed by atoms with van der Waals surface area (Å²) in [6.45, 7) is 3.78. The van der Waals surface area contributed by atoms with Crippen molar-refractivity contribution in [2.24, 2.45) is 7.05 Å². The first-order valence-electron chi connectivity index (χ1n) is 9.59. The molecule has 0 amide bonds. The Bertz CT molecular complexity index is 1230. The minimum atomic E-state index is -0.318. The Morgan fingerprint density at radius 1 is 1.13 bits per heavy atom. The molecule has 0 bridgehead atoms. The summed E-state index contributed by atoms with van der Waals surface area (Å²) in [6.07, 6.45) is -0.0660. The van der Waals surface area contributed by atoms with Crippen molar-refractivity contribution in [3.8, 4) is 12.0 Å². The molecule has 0 aliphatic rings. The molecule has 31 heavy (non-hydrogen) atoms. The van der Waals surface area contributed by atoms with Gasteiger partial charge in [0.2, 0.25) is 0 Å². The lowest BCUT2D eigenvalue weighted by atomic mass is 10.2. The van der Waals surface area contributed by atoms with Crippen molar-refractivity contribution in [3.63, 3.8) is 0 Å². The van der Waals surface area contributed by atoms with Crippen LogP contribution in [0.25, 0.3) is 17.0 Å². The molecule has 11 heteroatoms. The topological polar surface area (TPSA) is 110 Å². The van der Waals surface area contributed by atoms with Crippen LogP contribution < -0.4 is 4.74 Å². The molecule has 0 fully saturated rings. The quantitative estimate of drug-likeness (QED) is 0.367. The number of pyridine rings is 1. The molecule has 4 rings (SSSR count). The number of hydrogen-bond acceptors (Lipinski definition) is 8. The Labute approximate surface area is 186 Å². The van der Waals surface area contributed by atoms with Crippen LogP contribution >= 0.6 is 15.9 Å². The van der Waals surface area contributed by atoms with Gasteiger partial charge in [-0.3, -0.25) is 9.78 Å².